The molecule has 0 aromatic heterocycles. The van der Waals surface area contributed by atoms with E-state index in [1.54, 1.807) is 0 Å². The average Bonchev–Trinajstić information content (AvgIpc) is 3.08. The van der Waals surface area contributed by atoms with Crippen molar-refractivity contribution >= 4 is 17.5 Å². The summed E-state index contributed by atoms with van der Waals surface area (Å²) in [5.74, 6) is -0.784. The van der Waals surface area contributed by atoms with E-state index in [0.29, 0.717) is 24.3 Å². The number of methoxy groups -OCH3 is 1. The van der Waals surface area contributed by atoms with Gasteiger partial charge >= 0.3 is 0 Å². The zero-order chi connectivity index (χ0) is 17.7. The van der Waals surface area contributed by atoms with Crippen LogP contribution in [0.2, 0.25) is 0 Å². The van der Waals surface area contributed by atoms with E-state index in [1.165, 1.54) is 25.3 Å². The number of amides is 2. The molecule has 2 atom stereocenters. The maximum Gasteiger partial charge on any atom is 0.269 e. The summed E-state index contributed by atoms with van der Waals surface area (Å²) in [6, 6.07) is 3.02. The fraction of sp³-hybridized carbons (Fsp3) is 0.467. The number of carbonyl (C=O) groups is 2. The van der Waals surface area contributed by atoms with Gasteiger partial charge in [-0.2, -0.15) is 0 Å². The van der Waals surface area contributed by atoms with Gasteiger partial charge in [-0.05, 0) is 18.9 Å². The van der Waals surface area contributed by atoms with Gasteiger partial charge in [0, 0.05) is 30.7 Å². The summed E-state index contributed by atoms with van der Waals surface area (Å²) >= 11 is 0. The predicted octanol–water partition coefficient (Wildman–Crippen LogP) is 0.295. The van der Waals surface area contributed by atoms with Gasteiger partial charge in [-0.3, -0.25) is 19.7 Å². The van der Waals surface area contributed by atoms with E-state index >= 15 is 0 Å². The fourth-order valence-electron chi connectivity index (χ4n) is 2.53. The number of nitro benzene ring substituents is 1. The molecule has 3 N–H and O–H groups in total. The van der Waals surface area contributed by atoms with Crippen LogP contribution >= 0.6 is 0 Å². The molecule has 1 aromatic carbocycles. The van der Waals surface area contributed by atoms with Crippen molar-refractivity contribution in [1.82, 2.24) is 5.32 Å². The highest BCUT2D eigenvalue weighted by molar-refractivity contribution is 5.88. The van der Waals surface area contributed by atoms with Crippen molar-refractivity contribution in [2.24, 2.45) is 5.73 Å². The molecule has 0 aliphatic carbocycles. The Morgan fingerprint density at radius 2 is 2.29 bits per heavy atom. The predicted molar refractivity (Wildman–Crippen MR) is 83.5 cm³/mol. The lowest BCUT2D eigenvalue weighted by atomic mass is 10.0. The molecule has 1 aromatic rings. The molecular formula is C15H19N3O6. The van der Waals surface area contributed by atoms with Crippen molar-refractivity contribution in [3.05, 3.63) is 33.9 Å². The van der Waals surface area contributed by atoms with Crippen LogP contribution in [0.5, 0.6) is 5.75 Å². The minimum absolute atomic E-state index is 0.0152. The van der Waals surface area contributed by atoms with E-state index in [1.807, 2.05) is 0 Å². The Kier molecular flexibility index (Phi) is 5.69. The Bertz CT molecular complexity index is 642. The van der Waals surface area contributed by atoms with E-state index in [2.05, 4.69) is 5.32 Å². The fourth-order valence-corrected chi connectivity index (χ4v) is 2.53. The van der Waals surface area contributed by atoms with E-state index < -0.39 is 28.9 Å². The molecule has 24 heavy (non-hydrogen) atoms. The highest BCUT2D eigenvalue weighted by Crippen LogP contribution is 2.25. The summed E-state index contributed by atoms with van der Waals surface area (Å²) in [6.07, 6.45) is 0.743. The van der Waals surface area contributed by atoms with Gasteiger partial charge in [0.15, 0.2) is 0 Å². The number of primary amides is 1. The standard InChI is InChI=1S/C15H19N3O6/c1-23-12-5-4-10(18(21)22)7-9(12)8-11(14(16)19)17-15(20)13-3-2-6-24-13/h4-5,7,11,13H,2-3,6,8H2,1H3,(H2,16,19)(H,17,20)/t11-,13-/m0/s1. The number of nitro groups is 1. The highest BCUT2D eigenvalue weighted by atomic mass is 16.6. The van der Waals surface area contributed by atoms with E-state index in [-0.39, 0.29) is 12.1 Å². The van der Waals surface area contributed by atoms with Gasteiger partial charge in [0.25, 0.3) is 5.69 Å². The lowest BCUT2D eigenvalue weighted by Crippen LogP contribution is -2.49. The number of carbonyl (C=O) groups excluding carboxylic acids is 2. The summed E-state index contributed by atoms with van der Waals surface area (Å²) in [4.78, 5) is 34.1. The first kappa shape index (κ1) is 17.7. The molecule has 1 fully saturated rings. The van der Waals surface area contributed by atoms with Crippen molar-refractivity contribution in [1.29, 1.82) is 0 Å². The topological polar surface area (TPSA) is 134 Å². The quantitative estimate of drug-likeness (QED) is 0.543. The van der Waals surface area contributed by atoms with Gasteiger partial charge in [-0.15, -0.1) is 0 Å². The van der Waals surface area contributed by atoms with Crippen LogP contribution in [0.25, 0.3) is 0 Å². The third-order valence-corrected chi connectivity index (χ3v) is 3.78. The van der Waals surface area contributed by atoms with Crippen molar-refractivity contribution < 1.29 is 24.0 Å². The van der Waals surface area contributed by atoms with Crippen molar-refractivity contribution in [2.45, 2.75) is 31.4 Å². The number of hydrogen-bond acceptors (Lipinski definition) is 6. The number of non-ortho nitro benzene ring substituents is 1. The second-order valence-corrected chi connectivity index (χ2v) is 5.42. The van der Waals surface area contributed by atoms with Crippen LogP contribution in [0, 0.1) is 10.1 Å². The minimum atomic E-state index is -1.02. The molecule has 2 amide bonds. The summed E-state index contributed by atoms with van der Waals surface area (Å²) in [5, 5.41) is 13.5. The van der Waals surface area contributed by atoms with Crippen LogP contribution in [0.15, 0.2) is 18.2 Å². The van der Waals surface area contributed by atoms with Crippen LogP contribution in [0.3, 0.4) is 0 Å². The first-order valence-corrected chi connectivity index (χ1v) is 7.45. The highest BCUT2D eigenvalue weighted by Gasteiger charge is 2.28. The maximum atomic E-state index is 12.1. The number of nitrogens with one attached hydrogen (secondary N) is 1. The van der Waals surface area contributed by atoms with Crippen LogP contribution < -0.4 is 15.8 Å². The van der Waals surface area contributed by atoms with Crippen LogP contribution in [0.1, 0.15) is 18.4 Å². The molecule has 1 aliphatic rings. The molecule has 0 radical (unpaired) electrons. The average molecular weight is 337 g/mol. The molecule has 0 bridgehead atoms. The first-order valence-electron chi connectivity index (χ1n) is 7.45. The normalized spacial score (nSPS) is 18.0. The molecule has 130 valence electrons. The molecule has 9 nitrogen and oxygen atoms in total. The second kappa shape index (κ2) is 7.73. The Labute approximate surface area is 138 Å². The summed E-state index contributed by atoms with van der Waals surface area (Å²) in [5.41, 5.74) is 5.62. The molecule has 2 rings (SSSR count). The molecule has 1 saturated heterocycles. The molecular weight excluding hydrogens is 318 g/mol. The monoisotopic (exact) mass is 337 g/mol. The molecule has 0 saturated carbocycles. The van der Waals surface area contributed by atoms with Crippen molar-refractivity contribution in [2.75, 3.05) is 13.7 Å². The zero-order valence-corrected chi connectivity index (χ0v) is 13.2. The SMILES string of the molecule is COc1ccc([N+](=O)[O-])cc1C[C@H](NC(=O)[C@@H]1CCCO1)C(N)=O. The van der Waals surface area contributed by atoms with Gasteiger partial charge in [0.05, 0.1) is 12.0 Å². The smallest absolute Gasteiger partial charge is 0.269 e. The minimum Gasteiger partial charge on any atom is -0.496 e. The molecule has 1 heterocycles. The molecule has 0 spiro atoms. The number of ether oxygens (including phenoxy) is 2. The third kappa shape index (κ3) is 4.19. The summed E-state index contributed by atoms with van der Waals surface area (Å²) in [6.45, 7) is 0.498. The van der Waals surface area contributed by atoms with Gasteiger partial charge in [0.1, 0.15) is 17.9 Å². The molecule has 1 aliphatic heterocycles. The second-order valence-electron chi connectivity index (χ2n) is 5.42. The Balaban J connectivity index is 2.17. The zero-order valence-electron chi connectivity index (χ0n) is 13.2. The Morgan fingerprint density at radius 3 is 2.83 bits per heavy atom. The summed E-state index contributed by atoms with van der Waals surface area (Å²) in [7, 11) is 1.41. The first-order chi connectivity index (χ1) is 11.4. The number of benzene rings is 1. The Morgan fingerprint density at radius 1 is 1.54 bits per heavy atom. The van der Waals surface area contributed by atoms with E-state index in [0.717, 1.165) is 6.42 Å². The number of rotatable bonds is 7. The van der Waals surface area contributed by atoms with E-state index in [9.17, 15) is 19.7 Å². The van der Waals surface area contributed by atoms with Gasteiger partial charge in [0.2, 0.25) is 11.8 Å². The largest absolute Gasteiger partial charge is 0.496 e. The van der Waals surface area contributed by atoms with Gasteiger partial charge in [-0.1, -0.05) is 0 Å². The number of nitrogens with zero attached hydrogens (tertiary/aromatic N) is 1. The maximum absolute atomic E-state index is 12.1. The van der Waals surface area contributed by atoms with Crippen LogP contribution in [-0.4, -0.2) is 42.6 Å². The van der Waals surface area contributed by atoms with Crippen LogP contribution in [0.4, 0.5) is 5.69 Å². The molecule has 9 heteroatoms. The van der Waals surface area contributed by atoms with Gasteiger partial charge in [-0.25, -0.2) is 0 Å². The van der Waals surface area contributed by atoms with Gasteiger partial charge < -0.3 is 20.5 Å². The van der Waals surface area contributed by atoms with Crippen molar-refractivity contribution in [3.63, 3.8) is 0 Å². The van der Waals surface area contributed by atoms with E-state index in [4.69, 9.17) is 15.2 Å². The summed E-state index contributed by atoms with van der Waals surface area (Å²) < 4.78 is 10.4. The molecule has 0 unspecified atom stereocenters. The van der Waals surface area contributed by atoms with Crippen molar-refractivity contribution in [3.8, 4) is 5.75 Å². The third-order valence-electron chi connectivity index (χ3n) is 3.78. The lowest BCUT2D eigenvalue weighted by molar-refractivity contribution is -0.384. The Hall–Kier alpha value is -2.68. The number of hydrogen-bond donors (Lipinski definition) is 2. The van der Waals surface area contributed by atoms with Crippen LogP contribution in [-0.2, 0) is 20.7 Å². The number of nitrogens with two attached hydrogens (primary N) is 1. The lowest BCUT2D eigenvalue weighted by Gasteiger charge is -2.19.